The Labute approximate surface area is 276 Å². The fraction of sp³-hybridized carbons (Fsp3) is 0.316. The zero-order valence-electron chi connectivity index (χ0n) is 27.8. The summed E-state index contributed by atoms with van der Waals surface area (Å²) in [5, 5.41) is 10.5. The van der Waals surface area contributed by atoms with Crippen LogP contribution in [-0.4, -0.2) is 58.0 Å². The van der Waals surface area contributed by atoms with Crippen LogP contribution in [0.15, 0.2) is 72.8 Å². The normalized spacial score (nSPS) is 11.4. The Kier molecular flexibility index (Phi) is 12.2. The van der Waals surface area contributed by atoms with Crippen LogP contribution in [0.3, 0.4) is 0 Å². The molecule has 4 rings (SSSR count). The number of benzene rings is 4. The summed E-state index contributed by atoms with van der Waals surface area (Å²) in [5.74, 6) is 0.974. The van der Waals surface area contributed by atoms with Crippen molar-refractivity contribution >= 4 is 11.8 Å². The highest BCUT2D eigenvalue weighted by molar-refractivity contribution is 6.01. The fourth-order valence-corrected chi connectivity index (χ4v) is 5.36. The predicted octanol–water partition coefficient (Wildman–Crippen LogP) is 7.13. The number of Topliss-reactive ketones (excluding diaryl/α,β-unsaturated/α-hetero) is 1. The van der Waals surface area contributed by atoms with E-state index in [1.54, 1.807) is 44.6 Å². The van der Waals surface area contributed by atoms with Crippen molar-refractivity contribution in [2.24, 2.45) is 0 Å². The van der Waals surface area contributed by atoms with Crippen LogP contribution in [0.1, 0.15) is 58.5 Å². The van der Waals surface area contributed by atoms with Gasteiger partial charge in [0.05, 0.1) is 40.6 Å². The van der Waals surface area contributed by atoms with E-state index in [0.717, 1.165) is 36.8 Å². The molecule has 4 aromatic carbocycles. The SMILES string of the molecule is CCCc1cc(OC)c(OC)c(-c2cc(CCC)cc(OC)c2OC(CO)C(=O)c2ccc(OC(=O)c3ccccc3)c(OC)c2)c1. The number of aliphatic hydroxyl groups excluding tert-OH is 1. The quantitative estimate of drug-likeness (QED) is 0.0775. The summed E-state index contributed by atoms with van der Waals surface area (Å²) >= 11 is 0. The number of carbonyl (C=O) groups excluding carboxylic acids is 2. The average molecular weight is 643 g/mol. The van der Waals surface area contributed by atoms with E-state index in [-0.39, 0.29) is 22.8 Å². The van der Waals surface area contributed by atoms with Gasteiger partial charge in [-0.3, -0.25) is 4.79 Å². The first-order chi connectivity index (χ1) is 22.8. The van der Waals surface area contributed by atoms with Crippen LogP contribution in [-0.2, 0) is 12.8 Å². The van der Waals surface area contributed by atoms with Crippen LogP contribution in [0.2, 0.25) is 0 Å². The molecule has 1 atom stereocenters. The smallest absolute Gasteiger partial charge is 0.343 e. The molecule has 0 spiro atoms. The van der Waals surface area contributed by atoms with Gasteiger partial charge in [0.15, 0.2) is 40.6 Å². The van der Waals surface area contributed by atoms with Gasteiger partial charge >= 0.3 is 5.97 Å². The van der Waals surface area contributed by atoms with E-state index in [1.807, 2.05) is 24.3 Å². The van der Waals surface area contributed by atoms with Crippen molar-refractivity contribution in [3.8, 4) is 45.6 Å². The summed E-state index contributed by atoms with van der Waals surface area (Å²) in [6.45, 7) is 3.56. The van der Waals surface area contributed by atoms with Crippen molar-refractivity contribution in [2.75, 3.05) is 35.0 Å². The minimum atomic E-state index is -1.31. The van der Waals surface area contributed by atoms with Gasteiger partial charge in [0, 0.05) is 16.7 Å². The zero-order valence-corrected chi connectivity index (χ0v) is 27.8. The molecule has 9 heteroatoms. The molecule has 0 aromatic heterocycles. The average Bonchev–Trinajstić information content (AvgIpc) is 3.10. The Morgan fingerprint density at radius 1 is 0.638 bits per heavy atom. The van der Waals surface area contributed by atoms with Crippen molar-refractivity contribution < 1.29 is 43.1 Å². The van der Waals surface area contributed by atoms with E-state index >= 15 is 0 Å². The highest BCUT2D eigenvalue weighted by atomic mass is 16.6. The summed E-state index contributed by atoms with van der Waals surface area (Å²) in [4.78, 5) is 26.5. The Balaban J connectivity index is 1.76. The summed E-state index contributed by atoms with van der Waals surface area (Å²) in [7, 11) is 6.10. The van der Waals surface area contributed by atoms with E-state index < -0.39 is 24.5 Å². The van der Waals surface area contributed by atoms with E-state index in [0.29, 0.717) is 33.9 Å². The third-order valence-electron chi connectivity index (χ3n) is 7.62. The van der Waals surface area contributed by atoms with Crippen LogP contribution < -0.4 is 28.4 Å². The van der Waals surface area contributed by atoms with E-state index in [2.05, 4.69) is 13.8 Å². The minimum Gasteiger partial charge on any atom is -0.493 e. The summed E-state index contributed by atoms with van der Waals surface area (Å²) < 4.78 is 34.7. The largest absolute Gasteiger partial charge is 0.493 e. The van der Waals surface area contributed by atoms with Gasteiger partial charge in [0.1, 0.15) is 0 Å². The number of hydrogen-bond acceptors (Lipinski definition) is 9. The number of carbonyl (C=O) groups is 2. The Hall–Kier alpha value is -5.02. The van der Waals surface area contributed by atoms with Crippen molar-refractivity contribution in [2.45, 2.75) is 45.6 Å². The summed E-state index contributed by atoms with van der Waals surface area (Å²) in [5.41, 5.74) is 3.94. The number of ether oxygens (including phenoxy) is 6. The molecule has 1 unspecified atom stereocenters. The zero-order chi connectivity index (χ0) is 33.9. The molecule has 0 saturated carbocycles. The number of rotatable bonds is 16. The van der Waals surface area contributed by atoms with Gasteiger partial charge in [-0.1, -0.05) is 44.9 Å². The lowest BCUT2D eigenvalue weighted by Crippen LogP contribution is -2.31. The topological polar surface area (TPSA) is 110 Å². The van der Waals surface area contributed by atoms with Gasteiger partial charge in [-0.05, 0) is 78.6 Å². The Bertz CT molecular complexity index is 1680. The van der Waals surface area contributed by atoms with Gasteiger partial charge in [-0.15, -0.1) is 0 Å². The minimum absolute atomic E-state index is 0.142. The van der Waals surface area contributed by atoms with Crippen LogP contribution in [0, 0.1) is 0 Å². The van der Waals surface area contributed by atoms with Crippen LogP contribution in [0.4, 0.5) is 0 Å². The predicted molar refractivity (Wildman–Crippen MR) is 180 cm³/mol. The second kappa shape index (κ2) is 16.5. The third-order valence-corrected chi connectivity index (χ3v) is 7.62. The molecule has 1 N–H and O–H groups in total. The molecule has 47 heavy (non-hydrogen) atoms. The highest BCUT2D eigenvalue weighted by Crippen LogP contribution is 2.47. The lowest BCUT2D eigenvalue weighted by molar-refractivity contribution is 0.0653. The molecule has 0 bridgehead atoms. The first kappa shape index (κ1) is 34.8. The third kappa shape index (κ3) is 8.04. The second-order valence-electron chi connectivity index (χ2n) is 10.8. The first-order valence-electron chi connectivity index (χ1n) is 15.5. The van der Waals surface area contributed by atoms with Crippen molar-refractivity contribution in [1.29, 1.82) is 0 Å². The standard InChI is InChI=1S/C38H42O9/c1-7-12-24-18-28(36(45-6)32(20-24)43-4)29-19-25(13-8-2)21-33(44-5)37(29)46-34(23-39)35(40)27-16-17-30(31(22-27)42-3)47-38(41)26-14-10-9-11-15-26/h9-11,14-22,34,39H,7-8,12-13,23H2,1-6H3. The molecular weight excluding hydrogens is 600 g/mol. The van der Waals surface area contributed by atoms with Gasteiger partial charge in [0.2, 0.25) is 5.78 Å². The van der Waals surface area contributed by atoms with Crippen molar-refractivity contribution in [3.05, 3.63) is 95.1 Å². The monoisotopic (exact) mass is 642 g/mol. The number of esters is 1. The molecule has 0 saturated heterocycles. The van der Waals surface area contributed by atoms with Crippen molar-refractivity contribution in [3.63, 3.8) is 0 Å². The second-order valence-corrected chi connectivity index (χ2v) is 10.8. The first-order valence-corrected chi connectivity index (χ1v) is 15.5. The van der Waals surface area contributed by atoms with Gasteiger partial charge in [0.25, 0.3) is 0 Å². The maximum atomic E-state index is 13.8. The van der Waals surface area contributed by atoms with E-state index in [1.165, 1.54) is 32.4 Å². The molecule has 0 radical (unpaired) electrons. The molecule has 248 valence electrons. The lowest BCUT2D eigenvalue weighted by atomic mass is 9.95. The lowest BCUT2D eigenvalue weighted by Gasteiger charge is -2.23. The molecule has 0 aliphatic carbocycles. The number of methoxy groups -OCH3 is 4. The van der Waals surface area contributed by atoms with Gasteiger partial charge in [-0.2, -0.15) is 0 Å². The van der Waals surface area contributed by atoms with Gasteiger partial charge in [-0.25, -0.2) is 4.79 Å². The Morgan fingerprint density at radius 2 is 1.21 bits per heavy atom. The summed E-state index contributed by atoms with van der Waals surface area (Å²) in [6, 6.07) is 20.8. The maximum absolute atomic E-state index is 13.8. The number of ketones is 1. The summed E-state index contributed by atoms with van der Waals surface area (Å²) in [6.07, 6.45) is 2.10. The van der Waals surface area contributed by atoms with E-state index in [4.69, 9.17) is 28.4 Å². The van der Waals surface area contributed by atoms with Crippen LogP contribution in [0.5, 0.6) is 34.5 Å². The number of hydrogen-bond donors (Lipinski definition) is 1. The van der Waals surface area contributed by atoms with E-state index in [9.17, 15) is 14.7 Å². The molecule has 0 heterocycles. The van der Waals surface area contributed by atoms with Crippen LogP contribution in [0.25, 0.3) is 11.1 Å². The molecule has 0 fully saturated rings. The number of aliphatic hydroxyl groups is 1. The molecule has 0 aliphatic heterocycles. The molecule has 0 aliphatic rings. The molecule has 0 amide bonds. The number of aryl methyl sites for hydroxylation is 2. The highest BCUT2D eigenvalue weighted by Gasteiger charge is 2.28. The van der Waals surface area contributed by atoms with Crippen LogP contribution >= 0.6 is 0 Å². The fourth-order valence-electron chi connectivity index (χ4n) is 5.36. The molecular formula is C38H42O9. The Morgan fingerprint density at radius 3 is 1.74 bits per heavy atom. The van der Waals surface area contributed by atoms with Gasteiger partial charge < -0.3 is 33.5 Å². The molecule has 4 aromatic rings. The maximum Gasteiger partial charge on any atom is 0.343 e. The molecule has 9 nitrogen and oxygen atoms in total. The van der Waals surface area contributed by atoms with Crippen molar-refractivity contribution in [1.82, 2.24) is 0 Å².